The first-order valence-electron chi connectivity index (χ1n) is 6.95. The van der Waals surface area contributed by atoms with Gasteiger partial charge in [0.25, 0.3) is 5.91 Å². The fourth-order valence-corrected chi connectivity index (χ4v) is 2.08. The number of halogens is 2. The van der Waals surface area contributed by atoms with Crippen molar-refractivity contribution in [2.45, 2.75) is 20.0 Å². The molecule has 1 N–H and O–H groups in total. The number of esters is 1. The number of anilines is 1. The third-order valence-electron chi connectivity index (χ3n) is 2.91. The molecule has 2 rings (SSSR count). The maximum absolute atomic E-state index is 13.6. The van der Waals surface area contributed by atoms with Crippen molar-refractivity contribution in [3.63, 3.8) is 0 Å². The first-order valence-corrected chi connectivity index (χ1v) is 7.32. The van der Waals surface area contributed by atoms with Gasteiger partial charge in [-0.3, -0.25) is 4.79 Å². The molecule has 0 radical (unpaired) electrons. The van der Waals surface area contributed by atoms with Gasteiger partial charge in [0.2, 0.25) is 0 Å². The van der Waals surface area contributed by atoms with Gasteiger partial charge in [0.15, 0.2) is 0 Å². The Balaban J connectivity index is 2.23. The van der Waals surface area contributed by atoms with E-state index in [0.29, 0.717) is 5.69 Å². The zero-order valence-electron chi connectivity index (χ0n) is 12.6. The maximum Gasteiger partial charge on any atom is 0.339 e. The quantitative estimate of drug-likeness (QED) is 0.848. The number of nitrogens with one attached hydrogen (secondary N) is 1. The summed E-state index contributed by atoms with van der Waals surface area (Å²) in [6.07, 6.45) is -0.296. The summed E-state index contributed by atoms with van der Waals surface area (Å²) in [5, 5.41) is 2.74. The standard InChI is InChI=1S/C17H15ClFNO3/c1-10(2)23-17(22)13-9-11(7-8-14(13)18)20-16(21)12-5-3-4-6-15(12)19/h3-10H,1-2H3,(H,20,21). The predicted molar refractivity (Wildman–Crippen MR) is 86.4 cm³/mol. The summed E-state index contributed by atoms with van der Waals surface area (Å²) >= 11 is 5.98. The van der Waals surface area contributed by atoms with E-state index in [9.17, 15) is 14.0 Å². The Labute approximate surface area is 138 Å². The summed E-state index contributed by atoms with van der Waals surface area (Å²) in [6.45, 7) is 3.44. The number of amides is 1. The lowest BCUT2D eigenvalue weighted by molar-refractivity contribution is 0.0378. The van der Waals surface area contributed by atoms with E-state index in [1.165, 1.54) is 36.4 Å². The third-order valence-corrected chi connectivity index (χ3v) is 3.23. The van der Waals surface area contributed by atoms with Crippen LogP contribution in [0.2, 0.25) is 5.02 Å². The van der Waals surface area contributed by atoms with Gasteiger partial charge in [-0.05, 0) is 44.2 Å². The minimum atomic E-state index is -0.626. The molecule has 1 amide bonds. The molecule has 4 nitrogen and oxygen atoms in total. The van der Waals surface area contributed by atoms with E-state index in [2.05, 4.69) is 5.32 Å². The van der Waals surface area contributed by atoms with Gasteiger partial charge in [-0.25, -0.2) is 9.18 Å². The van der Waals surface area contributed by atoms with Crippen molar-refractivity contribution in [1.82, 2.24) is 0 Å². The fourth-order valence-electron chi connectivity index (χ4n) is 1.88. The molecule has 0 aromatic heterocycles. The molecule has 2 aromatic rings. The van der Waals surface area contributed by atoms with Gasteiger partial charge in [0.05, 0.1) is 22.3 Å². The summed E-state index contributed by atoms with van der Waals surface area (Å²) in [7, 11) is 0. The highest BCUT2D eigenvalue weighted by molar-refractivity contribution is 6.33. The number of carbonyl (C=O) groups excluding carboxylic acids is 2. The van der Waals surface area contributed by atoms with Crippen LogP contribution in [-0.4, -0.2) is 18.0 Å². The van der Waals surface area contributed by atoms with Gasteiger partial charge in [-0.15, -0.1) is 0 Å². The molecule has 0 saturated carbocycles. The molecular weight excluding hydrogens is 321 g/mol. The van der Waals surface area contributed by atoms with Crippen LogP contribution in [0.4, 0.5) is 10.1 Å². The molecule has 0 aliphatic heterocycles. The largest absolute Gasteiger partial charge is 0.459 e. The van der Waals surface area contributed by atoms with Crippen LogP contribution in [-0.2, 0) is 4.74 Å². The van der Waals surface area contributed by atoms with Gasteiger partial charge in [0.1, 0.15) is 5.82 Å². The first-order chi connectivity index (χ1) is 10.9. The molecule has 0 fully saturated rings. The minimum absolute atomic E-state index is 0.0891. The van der Waals surface area contributed by atoms with Gasteiger partial charge in [-0.1, -0.05) is 23.7 Å². The van der Waals surface area contributed by atoms with Crippen molar-refractivity contribution >= 4 is 29.2 Å². The monoisotopic (exact) mass is 335 g/mol. The fraction of sp³-hybridized carbons (Fsp3) is 0.176. The van der Waals surface area contributed by atoms with Crippen LogP contribution in [0.15, 0.2) is 42.5 Å². The molecule has 0 aliphatic rings. The Morgan fingerprint density at radius 1 is 1.13 bits per heavy atom. The second kappa shape index (κ2) is 7.24. The molecule has 2 aromatic carbocycles. The zero-order chi connectivity index (χ0) is 17.0. The predicted octanol–water partition coefficient (Wildman–Crippen LogP) is 4.30. The molecule has 0 spiro atoms. The molecular formula is C17H15ClFNO3. The molecule has 0 atom stereocenters. The lowest BCUT2D eigenvalue weighted by Crippen LogP contribution is -2.15. The van der Waals surface area contributed by atoms with Crippen molar-refractivity contribution in [3.05, 3.63) is 64.4 Å². The summed E-state index contributed by atoms with van der Waals surface area (Å²) in [5.74, 6) is -1.83. The summed E-state index contributed by atoms with van der Waals surface area (Å²) in [6, 6.07) is 10.0. The molecule has 23 heavy (non-hydrogen) atoms. The summed E-state index contributed by atoms with van der Waals surface area (Å²) in [5.41, 5.74) is 0.360. The van der Waals surface area contributed by atoms with Crippen molar-refractivity contribution in [1.29, 1.82) is 0 Å². The van der Waals surface area contributed by atoms with Gasteiger partial charge in [0, 0.05) is 5.69 Å². The Morgan fingerprint density at radius 2 is 1.83 bits per heavy atom. The number of benzene rings is 2. The smallest absolute Gasteiger partial charge is 0.339 e. The molecule has 0 heterocycles. The Hall–Kier alpha value is -2.40. The number of hydrogen-bond acceptors (Lipinski definition) is 3. The van der Waals surface area contributed by atoms with Crippen LogP contribution in [0.25, 0.3) is 0 Å². The van der Waals surface area contributed by atoms with E-state index in [-0.39, 0.29) is 22.3 Å². The topological polar surface area (TPSA) is 55.4 Å². The number of ether oxygens (including phenoxy) is 1. The van der Waals surface area contributed by atoms with Gasteiger partial charge >= 0.3 is 5.97 Å². The minimum Gasteiger partial charge on any atom is -0.459 e. The molecule has 0 aliphatic carbocycles. The molecule has 0 unspecified atom stereocenters. The van der Waals surface area contributed by atoms with Crippen molar-refractivity contribution in [3.8, 4) is 0 Å². The van der Waals surface area contributed by atoms with Gasteiger partial charge in [-0.2, -0.15) is 0 Å². The van der Waals surface area contributed by atoms with E-state index < -0.39 is 17.7 Å². The lowest BCUT2D eigenvalue weighted by atomic mass is 10.1. The molecule has 6 heteroatoms. The van der Waals surface area contributed by atoms with Crippen molar-refractivity contribution in [2.24, 2.45) is 0 Å². The molecule has 0 saturated heterocycles. The highest BCUT2D eigenvalue weighted by Crippen LogP contribution is 2.22. The Morgan fingerprint density at radius 3 is 2.48 bits per heavy atom. The third kappa shape index (κ3) is 4.29. The highest BCUT2D eigenvalue weighted by Gasteiger charge is 2.16. The number of hydrogen-bond donors (Lipinski definition) is 1. The first kappa shape index (κ1) is 17.0. The normalized spacial score (nSPS) is 10.5. The van der Waals surface area contributed by atoms with Crippen molar-refractivity contribution in [2.75, 3.05) is 5.32 Å². The van der Waals surface area contributed by atoms with Gasteiger partial charge < -0.3 is 10.1 Å². The summed E-state index contributed by atoms with van der Waals surface area (Å²) < 4.78 is 18.7. The average Bonchev–Trinajstić information content (AvgIpc) is 2.48. The SMILES string of the molecule is CC(C)OC(=O)c1cc(NC(=O)c2ccccc2F)ccc1Cl. The van der Waals surface area contributed by atoms with E-state index in [1.54, 1.807) is 19.9 Å². The number of carbonyl (C=O) groups is 2. The lowest BCUT2D eigenvalue weighted by Gasteiger charge is -2.11. The van der Waals surface area contributed by atoms with Crippen LogP contribution in [0.1, 0.15) is 34.6 Å². The summed E-state index contributed by atoms with van der Waals surface area (Å²) in [4.78, 5) is 24.0. The Bertz CT molecular complexity index is 746. The van der Waals surface area contributed by atoms with Crippen LogP contribution < -0.4 is 5.32 Å². The zero-order valence-corrected chi connectivity index (χ0v) is 13.4. The molecule has 120 valence electrons. The second-order valence-electron chi connectivity index (χ2n) is 5.08. The van der Waals surface area contributed by atoms with E-state index >= 15 is 0 Å². The van der Waals surface area contributed by atoms with E-state index in [1.807, 2.05) is 0 Å². The van der Waals surface area contributed by atoms with Crippen LogP contribution in [0.3, 0.4) is 0 Å². The highest BCUT2D eigenvalue weighted by atomic mass is 35.5. The Kier molecular flexibility index (Phi) is 5.34. The van der Waals surface area contributed by atoms with E-state index in [4.69, 9.17) is 16.3 Å². The second-order valence-corrected chi connectivity index (χ2v) is 5.49. The molecule has 0 bridgehead atoms. The van der Waals surface area contributed by atoms with Crippen molar-refractivity contribution < 1.29 is 18.7 Å². The van der Waals surface area contributed by atoms with Crippen LogP contribution in [0.5, 0.6) is 0 Å². The van der Waals surface area contributed by atoms with E-state index in [0.717, 1.165) is 0 Å². The van der Waals surface area contributed by atoms with Crippen LogP contribution in [0, 0.1) is 5.82 Å². The maximum atomic E-state index is 13.6. The van der Waals surface area contributed by atoms with Crippen LogP contribution >= 0.6 is 11.6 Å². The number of rotatable bonds is 4. The average molecular weight is 336 g/mol.